The first-order valence-electron chi connectivity index (χ1n) is 8.59. The monoisotopic (exact) mass is 327 g/mol. The summed E-state index contributed by atoms with van der Waals surface area (Å²) in [4.78, 5) is 22.5. The van der Waals surface area contributed by atoms with Gasteiger partial charge in [0.1, 0.15) is 0 Å². The lowest BCUT2D eigenvalue weighted by Gasteiger charge is -2.38. The van der Waals surface area contributed by atoms with Crippen molar-refractivity contribution in [1.29, 1.82) is 0 Å². The van der Waals surface area contributed by atoms with Gasteiger partial charge in [-0.3, -0.25) is 4.98 Å². The number of nitrogens with one attached hydrogen (secondary N) is 1. The highest BCUT2D eigenvalue weighted by atomic mass is 16.5. The summed E-state index contributed by atoms with van der Waals surface area (Å²) in [6.45, 7) is 1.27. The van der Waals surface area contributed by atoms with Crippen LogP contribution in [-0.4, -0.2) is 45.2 Å². The second-order valence-corrected chi connectivity index (χ2v) is 6.58. The predicted molar refractivity (Wildman–Crippen MR) is 87.2 cm³/mol. The summed E-state index contributed by atoms with van der Waals surface area (Å²) in [7, 11) is 0. The molecule has 2 amide bonds. The van der Waals surface area contributed by atoms with E-state index in [1.165, 1.54) is 19.3 Å². The number of pyridine rings is 1. The zero-order chi connectivity index (χ0) is 16.4. The fourth-order valence-corrected chi connectivity index (χ4v) is 3.33. The molecule has 4 rings (SSSR count). The Morgan fingerprint density at radius 3 is 2.67 bits per heavy atom. The Labute approximate surface area is 140 Å². The van der Waals surface area contributed by atoms with Gasteiger partial charge in [0.15, 0.2) is 0 Å². The molecule has 126 valence electrons. The van der Waals surface area contributed by atoms with Gasteiger partial charge in [-0.2, -0.15) is 4.98 Å². The Morgan fingerprint density at radius 1 is 1.17 bits per heavy atom. The minimum atomic E-state index is 0.0343. The largest absolute Gasteiger partial charge is 0.339 e. The summed E-state index contributed by atoms with van der Waals surface area (Å²) in [5.41, 5.74) is 0.881. The number of rotatable bonds is 3. The van der Waals surface area contributed by atoms with Gasteiger partial charge in [-0.05, 0) is 25.0 Å². The van der Waals surface area contributed by atoms with Crippen LogP contribution in [0.4, 0.5) is 4.79 Å². The van der Waals surface area contributed by atoms with E-state index in [1.54, 1.807) is 12.4 Å². The van der Waals surface area contributed by atoms with Crippen molar-refractivity contribution in [2.75, 3.05) is 13.1 Å². The highest BCUT2D eigenvalue weighted by molar-refractivity contribution is 5.75. The van der Waals surface area contributed by atoms with Crippen molar-refractivity contribution in [1.82, 2.24) is 25.3 Å². The van der Waals surface area contributed by atoms with Crippen molar-refractivity contribution in [2.45, 2.75) is 44.1 Å². The van der Waals surface area contributed by atoms with E-state index in [0.717, 1.165) is 18.4 Å². The van der Waals surface area contributed by atoms with Crippen molar-refractivity contribution < 1.29 is 9.32 Å². The number of nitrogens with zero attached hydrogens (tertiary/aromatic N) is 4. The van der Waals surface area contributed by atoms with Crippen LogP contribution >= 0.6 is 0 Å². The number of urea groups is 1. The van der Waals surface area contributed by atoms with Crippen LogP contribution in [0.25, 0.3) is 11.4 Å². The van der Waals surface area contributed by atoms with Gasteiger partial charge in [-0.25, -0.2) is 4.79 Å². The molecule has 7 heteroatoms. The molecule has 1 aliphatic carbocycles. The van der Waals surface area contributed by atoms with Gasteiger partial charge in [-0.15, -0.1) is 0 Å². The second-order valence-electron chi connectivity index (χ2n) is 6.58. The topological polar surface area (TPSA) is 84.2 Å². The number of hydrogen-bond donors (Lipinski definition) is 1. The van der Waals surface area contributed by atoms with Gasteiger partial charge in [0.2, 0.25) is 11.7 Å². The number of hydrogen-bond acceptors (Lipinski definition) is 5. The van der Waals surface area contributed by atoms with Crippen molar-refractivity contribution in [2.24, 2.45) is 0 Å². The van der Waals surface area contributed by atoms with Gasteiger partial charge in [0.25, 0.3) is 0 Å². The SMILES string of the molecule is O=C(NC1CCCCC1)N1CC(c2nc(-c3ccncc3)no2)C1. The molecule has 0 atom stereocenters. The lowest BCUT2D eigenvalue weighted by molar-refractivity contribution is 0.132. The standard InChI is InChI=1S/C17H21N5O2/c23-17(19-14-4-2-1-3-5-14)22-10-13(11-22)16-20-15(21-24-16)12-6-8-18-9-7-12/h6-9,13-14H,1-5,10-11H2,(H,19,23). The molecular weight excluding hydrogens is 306 g/mol. The predicted octanol–water partition coefficient (Wildman–Crippen LogP) is 2.57. The van der Waals surface area contributed by atoms with Crippen molar-refractivity contribution >= 4 is 6.03 Å². The summed E-state index contributed by atoms with van der Waals surface area (Å²) in [5.74, 6) is 1.30. The zero-order valence-corrected chi connectivity index (χ0v) is 13.5. The molecule has 2 aromatic rings. The van der Waals surface area contributed by atoms with E-state index in [0.29, 0.717) is 30.8 Å². The van der Waals surface area contributed by atoms with E-state index in [1.807, 2.05) is 17.0 Å². The Bertz CT molecular complexity index is 690. The molecule has 0 unspecified atom stereocenters. The molecule has 0 aromatic carbocycles. The summed E-state index contributed by atoms with van der Waals surface area (Å²) in [6, 6.07) is 4.07. The van der Waals surface area contributed by atoms with Gasteiger partial charge >= 0.3 is 6.03 Å². The van der Waals surface area contributed by atoms with E-state index >= 15 is 0 Å². The molecule has 0 bridgehead atoms. The summed E-state index contributed by atoms with van der Waals surface area (Å²) >= 11 is 0. The lowest BCUT2D eigenvalue weighted by Crippen LogP contribution is -2.54. The second kappa shape index (κ2) is 6.59. The summed E-state index contributed by atoms with van der Waals surface area (Å²) in [5, 5.41) is 7.16. The van der Waals surface area contributed by atoms with E-state index in [2.05, 4.69) is 20.4 Å². The summed E-state index contributed by atoms with van der Waals surface area (Å²) < 4.78 is 5.36. The van der Waals surface area contributed by atoms with Gasteiger partial charge < -0.3 is 14.7 Å². The molecule has 7 nitrogen and oxygen atoms in total. The van der Waals surface area contributed by atoms with Crippen LogP contribution in [-0.2, 0) is 0 Å². The van der Waals surface area contributed by atoms with Crippen molar-refractivity contribution in [3.63, 3.8) is 0 Å². The number of aromatic nitrogens is 3. The third kappa shape index (κ3) is 3.11. The Balaban J connectivity index is 1.31. The van der Waals surface area contributed by atoms with Gasteiger partial charge in [0, 0.05) is 37.1 Å². The normalized spacial score (nSPS) is 19.1. The number of carbonyl (C=O) groups is 1. The van der Waals surface area contributed by atoms with Crippen LogP contribution in [0.2, 0.25) is 0 Å². The molecule has 1 N–H and O–H groups in total. The van der Waals surface area contributed by atoms with Gasteiger partial charge in [0.05, 0.1) is 5.92 Å². The molecule has 24 heavy (non-hydrogen) atoms. The van der Waals surface area contributed by atoms with Crippen molar-refractivity contribution in [3.05, 3.63) is 30.4 Å². The molecule has 1 saturated heterocycles. The van der Waals surface area contributed by atoms with Crippen molar-refractivity contribution in [3.8, 4) is 11.4 Å². The first kappa shape index (κ1) is 15.1. The minimum Gasteiger partial charge on any atom is -0.339 e. The first-order chi connectivity index (χ1) is 11.8. The highest BCUT2D eigenvalue weighted by Gasteiger charge is 2.36. The zero-order valence-electron chi connectivity index (χ0n) is 13.5. The average molecular weight is 327 g/mol. The Morgan fingerprint density at radius 2 is 1.92 bits per heavy atom. The minimum absolute atomic E-state index is 0.0343. The third-order valence-electron chi connectivity index (χ3n) is 4.83. The molecule has 0 spiro atoms. The molecule has 2 aliphatic rings. The Hall–Kier alpha value is -2.44. The molecule has 1 aliphatic heterocycles. The van der Waals surface area contributed by atoms with E-state index in [-0.39, 0.29) is 11.9 Å². The fourth-order valence-electron chi connectivity index (χ4n) is 3.33. The number of carbonyl (C=O) groups excluding carboxylic acids is 1. The third-order valence-corrected chi connectivity index (χ3v) is 4.83. The van der Waals surface area contributed by atoms with Crippen LogP contribution in [0.3, 0.4) is 0 Å². The van der Waals surface area contributed by atoms with E-state index in [9.17, 15) is 4.79 Å². The molecule has 2 aromatic heterocycles. The van der Waals surface area contributed by atoms with Crippen LogP contribution in [0.15, 0.2) is 29.0 Å². The maximum atomic E-state index is 12.2. The van der Waals surface area contributed by atoms with Crippen LogP contribution in [0.1, 0.15) is 43.9 Å². The smallest absolute Gasteiger partial charge is 0.317 e. The van der Waals surface area contributed by atoms with Crippen LogP contribution in [0, 0.1) is 0 Å². The molecule has 1 saturated carbocycles. The Kier molecular flexibility index (Phi) is 4.15. The van der Waals surface area contributed by atoms with E-state index < -0.39 is 0 Å². The fraction of sp³-hybridized carbons (Fsp3) is 0.529. The van der Waals surface area contributed by atoms with Crippen LogP contribution < -0.4 is 5.32 Å². The van der Waals surface area contributed by atoms with E-state index in [4.69, 9.17) is 4.52 Å². The first-order valence-corrected chi connectivity index (χ1v) is 8.59. The maximum Gasteiger partial charge on any atom is 0.317 e. The molecule has 0 radical (unpaired) electrons. The molecular formula is C17H21N5O2. The quantitative estimate of drug-likeness (QED) is 0.936. The average Bonchev–Trinajstić information content (AvgIpc) is 3.05. The molecule has 3 heterocycles. The maximum absolute atomic E-state index is 12.2. The van der Waals surface area contributed by atoms with Crippen LogP contribution in [0.5, 0.6) is 0 Å². The number of likely N-dealkylation sites (tertiary alicyclic amines) is 1. The highest BCUT2D eigenvalue weighted by Crippen LogP contribution is 2.28. The number of amides is 2. The summed E-state index contributed by atoms with van der Waals surface area (Å²) in [6.07, 6.45) is 9.32. The lowest BCUT2D eigenvalue weighted by atomic mass is 9.95. The molecule has 2 fully saturated rings. The van der Waals surface area contributed by atoms with Gasteiger partial charge in [-0.1, -0.05) is 24.4 Å².